The van der Waals surface area contributed by atoms with Gasteiger partial charge < -0.3 is 10.1 Å². The van der Waals surface area contributed by atoms with Crippen molar-refractivity contribution in [3.8, 4) is 5.75 Å². The van der Waals surface area contributed by atoms with E-state index in [0.717, 1.165) is 9.20 Å². The molecule has 0 radical (unpaired) electrons. The molecule has 164 valence electrons. The van der Waals surface area contributed by atoms with Gasteiger partial charge in [0.2, 0.25) is 5.91 Å². The Morgan fingerprint density at radius 2 is 1.73 bits per heavy atom. The van der Waals surface area contributed by atoms with E-state index in [-0.39, 0.29) is 29.3 Å². The molecule has 1 amide bonds. The highest BCUT2D eigenvalue weighted by Gasteiger charge is 2.30. The third kappa shape index (κ3) is 5.92. The van der Waals surface area contributed by atoms with Crippen molar-refractivity contribution < 1.29 is 17.9 Å². The van der Waals surface area contributed by atoms with Crippen LogP contribution in [0.5, 0.6) is 5.75 Å². The number of ether oxygens (including phenoxy) is 1. The van der Waals surface area contributed by atoms with Gasteiger partial charge in [-0.1, -0.05) is 26.0 Å². The summed E-state index contributed by atoms with van der Waals surface area (Å²) >= 11 is 1.53. The van der Waals surface area contributed by atoms with Crippen molar-refractivity contribution in [1.82, 2.24) is 5.32 Å². The first-order chi connectivity index (χ1) is 14.2. The molecule has 0 fully saturated rings. The van der Waals surface area contributed by atoms with E-state index in [1.807, 2.05) is 34.0 Å². The fourth-order valence-electron chi connectivity index (χ4n) is 2.71. The number of hydrogen-bond donors (Lipinski definition) is 1. The highest BCUT2D eigenvalue weighted by Crippen LogP contribution is 2.32. The van der Waals surface area contributed by atoms with Crippen LogP contribution in [-0.4, -0.2) is 39.8 Å². The lowest BCUT2D eigenvalue weighted by molar-refractivity contribution is -0.120. The Morgan fingerprint density at radius 3 is 2.30 bits per heavy atom. The minimum absolute atomic E-state index is 0.0787. The van der Waals surface area contributed by atoms with Gasteiger partial charge in [0.25, 0.3) is 10.0 Å². The molecule has 2 rings (SSSR count). The summed E-state index contributed by atoms with van der Waals surface area (Å²) in [5, 5.41) is 2.88. The van der Waals surface area contributed by atoms with Crippen LogP contribution in [0.25, 0.3) is 0 Å². The number of thioether (sulfide) groups is 1. The molecule has 0 saturated heterocycles. The standard InChI is InChI=1S/C22H30N2O4S2/c1-6-28-21-10-8-7-9-20(21)24(15-22(25)23-17(4)16(2)3)30(26,27)19-13-11-18(29-5)12-14-19/h7-14,16-17H,6,15H2,1-5H3,(H,23,25)/t17-/m1/s1. The first-order valence-corrected chi connectivity index (χ1v) is 12.5. The van der Waals surface area contributed by atoms with Crippen LogP contribution in [0.1, 0.15) is 27.7 Å². The van der Waals surface area contributed by atoms with Gasteiger partial charge in [0, 0.05) is 10.9 Å². The maximum absolute atomic E-state index is 13.5. The van der Waals surface area contributed by atoms with Gasteiger partial charge in [-0.3, -0.25) is 9.10 Å². The lowest BCUT2D eigenvalue weighted by atomic mass is 10.1. The summed E-state index contributed by atoms with van der Waals surface area (Å²) in [6, 6.07) is 13.4. The van der Waals surface area contributed by atoms with Crippen molar-refractivity contribution in [2.45, 2.75) is 43.5 Å². The average Bonchev–Trinajstić information content (AvgIpc) is 2.72. The number of carbonyl (C=O) groups excluding carboxylic acids is 1. The fourth-order valence-corrected chi connectivity index (χ4v) is 4.55. The lowest BCUT2D eigenvalue weighted by Gasteiger charge is -2.27. The number of carbonyl (C=O) groups is 1. The Morgan fingerprint density at radius 1 is 1.10 bits per heavy atom. The van der Waals surface area contributed by atoms with E-state index < -0.39 is 10.0 Å². The van der Waals surface area contributed by atoms with E-state index in [1.54, 1.807) is 48.5 Å². The fraction of sp³-hybridized carbons (Fsp3) is 0.409. The van der Waals surface area contributed by atoms with Gasteiger partial charge in [-0.25, -0.2) is 8.42 Å². The summed E-state index contributed by atoms with van der Waals surface area (Å²) in [5.74, 6) is 0.273. The topological polar surface area (TPSA) is 75.7 Å². The average molecular weight is 451 g/mol. The van der Waals surface area contributed by atoms with E-state index in [1.165, 1.54) is 11.8 Å². The van der Waals surface area contributed by atoms with Crippen LogP contribution in [0.2, 0.25) is 0 Å². The maximum Gasteiger partial charge on any atom is 0.264 e. The summed E-state index contributed by atoms with van der Waals surface area (Å²) in [4.78, 5) is 13.8. The van der Waals surface area contributed by atoms with Crippen molar-refractivity contribution in [1.29, 1.82) is 0 Å². The van der Waals surface area contributed by atoms with Crippen molar-refractivity contribution in [2.75, 3.05) is 23.7 Å². The van der Waals surface area contributed by atoms with Gasteiger partial charge in [-0.15, -0.1) is 11.8 Å². The molecule has 0 aromatic heterocycles. The van der Waals surface area contributed by atoms with Crippen LogP contribution in [0.4, 0.5) is 5.69 Å². The van der Waals surface area contributed by atoms with Gasteiger partial charge in [0.1, 0.15) is 12.3 Å². The third-order valence-electron chi connectivity index (χ3n) is 4.76. The third-order valence-corrected chi connectivity index (χ3v) is 7.27. The molecule has 0 unspecified atom stereocenters. The zero-order valence-corrected chi connectivity index (χ0v) is 19.7. The molecule has 0 saturated carbocycles. The van der Waals surface area contributed by atoms with Crippen molar-refractivity contribution in [3.05, 3.63) is 48.5 Å². The van der Waals surface area contributed by atoms with E-state index in [0.29, 0.717) is 18.0 Å². The molecular weight excluding hydrogens is 420 g/mol. The van der Waals surface area contributed by atoms with Crippen LogP contribution < -0.4 is 14.4 Å². The van der Waals surface area contributed by atoms with Gasteiger partial charge in [-0.05, 0) is 62.4 Å². The number of benzene rings is 2. The Bertz CT molecular complexity index is 944. The number of hydrogen-bond acceptors (Lipinski definition) is 5. The van der Waals surface area contributed by atoms with E-state index in [9.17, 15) is 13.2 Å². The van der Waals surface area contributed by atoms with E-state index in [4.69, 9.17) is 4.74 Å². The minimum atomic E-state index is -3.99. The second-order valence-corrected chi connectivity index (χ2v) is 9.93. The summed E-state index contributed by atoms with van der Waals surface area (Å²) in [7, 11) is -3.99. The Balaban J connectivity index is 2.48. The second kappa shape index (κ2) is 10.7. The van der Waals surface area contributed by atoms with E-state index >= 15 is 0 Å². The SMILES string of the molecule is CCOc1ccccc1N(CC(=O)N[C@H](C)C(C)C)S(=O)(=O)c1ccc(SC)cc1. The molecule has 30 heavy (non-hydrogen) atoms. The summed E-state index contributed by atoms with van der Waals surface area (Å²) < 4.78 is 33.8. The highest BCUT2D eigenvalue weighted by atomic mass is 32.2. The smallest absolute Gasteiger partial charge is 0.264 e. The number of amides is 1. The summed E-state index contributed by atoms with van der Waals surface area (Å²) in [6.07, 6.45) is 1.92. The molecule has 0 aliphatic rings. The first kappa shape index (κ1) is 24.1. The Kier molecular flexibility index (Phi) is 8.61. The number of nitrogens with one attached hydrogen (secondary N) is 1. The molecule has 0 spiro atoms. The van der Waals surface area contributed by atoms with Gasteiger partial charge in [-0.2, -0.15) is 0 Å². The predicted octanol–water partition coefficient (Wildman–Crippen LogP) is 4.16. The van der Waals surface area contributed by atoms with Crippen LogP contribution in [-0.2, 0) is 14.8 Å². The largest absolute Gasteiger partial charge is 0.492 e. The van der Waals surface area contributed by atoms with E-state index in [2.05, 4.69) is 5.32 Å². The van der Waals surface area contributed by atoms with Crippen molar-refractivity contribution >= 4 is 33.4 Å². The second-order valence-electron chi connectivity index (χ2n) is 7.19. The normalized spacial score (nSPS) is 12.5. The maximum atomic E-state index is 13.5. The number of rotatable bonds is 10. The highest BCUT2D eigenvalue weighted by molar-refractivity contribution is 7.98. The number of para-hydroxylation sites is 2. The first-order valence-electron chi connectivity index (χ1n) is 9.88. The van der Waals surface area contributed by atoms with Crippen LogP contribution in [0.3, 0.4) is 0 Å². The molecule has 6 nitrogen and oxygen atoms in total. The summed E-state index contributed by atoms with van der Waals surface area (Å²) in [6.45, 7) is 7.76. The number of nitrogens with zero attached hydrogens (tertiary/aromatic N) is 1. The van der Waals surface area contributed by atoms with Crippen LogP contribution in [0.15, 0.2) is 58.3 Å². The van der Waals surface area contributed by atoms with Gasteiger partial charge in [0.05, 0.1) is 17.2 Å². The van der Waals surface area contributed by atoms with Crippen LogP contribution in [0, 0.1) is 5.92 Å². The van der Waals surface area contributed by atoms with Crippen molar-refractivity contribution in [2.24, 2.45) is 5.92 Å². The molecule has 0 bridgehead atoms. The number of sulfonamides is 1. The van der Waals surface area contributed by atoms with Crippen LogP contribution >= 0.6 is 11.8 Å². The zero-order chi connectivity index (χ0) is 22.3. The number of anilines is 1. The quantitative estimate of drug-likeness (QED) is 0.550. The summed E-state index contributed by atoms with van der Waals surface area (Å²) in [5.41, 5.74) is 0.334. The van der Waals surface area contributed by atoms with Gasteiger partial charge >= 0.3 is 0 Å². The predicted molar refractivity (Wildman–Crippen MR) is 123 cm³/mol. The molecule has 0 aliphatic carbocycles. The molecule has 1 N–H and O–H groups in total. The Labute approximate surface area is 184 Å². The van der Waals surface area contributed by atoms with Gasteiger partial charge in [0.15, 0.2) is 0 Å². The minimum Gasteiger partial charge on any atom is -0.492 e. The molecule has 0 heterocycles. The lowest BCUT2D eigenvalue weighted by Crippen LogP contribution is -2.45. The molecule has 1 atom stereocenters. The Hall–Kier alpha value is -2.19. The molecular formula is C22H30N2O4S2. The molecule has 2 aromatic carbocycles. The monoisotopic (exact) mass is 450 g/mol. The zero-order valence-electron chi connectivity index (χ0n) is 18.1. The van der Waals surface area contributed by atoms with Crippen molar-refractivity contribution in [3.63, 3.8) is 0 Å². The molecule has 0 aliphatic heterocycles. The molecule has 2 aromatic rings. The molecule has 8 heteroatoms.